The smallest absolute Gasteiger partial charge is 0.244 e. The number of carbonyl (C=O) groups excluding carboxylic acids is 1. The zero-order chi connectivity index (χ0) is 20.4. The van der Waals surface area contributed by atoms with E-state index in [0.29, 0.717) is 12.5 Å². The molecule has 4 rings (SSSR count). The van der Waals surface area contributed by atoms with Crippen molar-refractivity contribution in [2.45, 2.75) is 78.2 Å². The molecule has 2 unspecified atom stereocenters. The van der Waals surface area contributed by atoms with Crippen LogP contribution in [0.25, 0.3) is 16.5 Å². The molecule has 1 amide bonds. The predicted molar refractivity (Wildman–Crippen MR) is 117 cm³/mol. The Kier molecular flexibility index (Phi) is 5.98. The van der Waals surface area contributed by atoms with E-state index in [1.165, 1.54) is 43.1 Å². The van der Waals surface area contributed by atoms with Crippen LogP contribution in [0, 0.1) is 5.92 Å². The summed E-state index contributed by atoms with van der Waals surface area (Å²) in [5.74, 6) is 2.46. The van der Waals surface area contributed by atoms with Crippen LogP contribution in [-0.2, 0) is 17.6 Å². The maximum atomic E-state index is 12.7. The number of nitrogens with one attached hydrogen (secondary N) is 1. The number of benzene rings is 1. The maximum Gasteiger partial charge on any atom is 0.244 e. The highest BCUT2D eigenvalue weighted by molar-refractivity contribution is 5.97. The fourth-order valence-electron chi connectivity index (χ4n) is 4.90. The Bertz CT molecular complexity index is 924. The Morgan fingerprint density at radius 2 is 2.00 bits per heavy atom. The molecule has 1 N–H and O–H groups in total. The van der Waals surface area contributed by atoms with Gasteiger partial charge in [0.2, 0.25) is 5.91 Å². The average molecular weight is 396 g/mol. The van der Waals surface area contributed by atoms with Gasteiger partial charge < -0.3 is 14.5 Å². The minimum atomic E-state index is -0.00184. The van der Waals surface area contributed by atoms with Crippen LogP contribution in [0.2, 0.25) is 0 Å². The third kappa shape index (κ3) is 4.22. The van der Waals surface area contributed by atoms with Gasteiger partial charge in [-0.2, -0.15) is 0 Å². The number of amides is 1. The van der Waals surface area contributed by atoms with Gasteiger partial charge in [0.15, 0.2) is 0 Å². The van der Waals surface area contributed by atoms with Crippen LogP contribution in [0.3, 0.4) is 0 Å². The van der Waals surface area contributed by atoms with Crippen molar-refractivity contribution in [1.82, 2.24) is 5.32 Å². The molecule has 4 heteroatoms. The second kappa shape index (κ2) is 8.64. The summed E-state index contributed by atoms with van der Waals surface area (Å²) < 4.78 is 12.0. The summed E-state index contributed by atoms with van der Waals surface area (Å²) in [5.41, 5.74) is 4.16. The Hall–Kier alpha value is -2.23. The van der Waals surface area contributed by atoms with Crippen molar-refractivity contribution in [3.63, 3.8) is 0 Å². The Labute approximate surface area is 173 Å². The molecule has 2 atom stereocenters. The molecule has 29 heavy (non-hydrogen) atoms. The van der Waals surface area contributed by atoms with Gasteiger partial charge >= 0.3 is 0 Å². The number of ether oxygens (including phenoxy) is 1. The molecule has 1 aromatic heterocycles. The minimum absolute atomic E-state index is 0.00184. The third-order valence-electron chi connectivity index (χ3n) is 6.57. The topological polar surface area (TPSA) is 51.5 Å². The summed E-state index contributed by atoms with van der Waals surface area (Å²) in [5, 5.41) is 4.40. The normalized spacial score (nSPS) is 22.4. The number of furan rings is 1. The van der Waals surface area contributed by atoms with E-state index in [0.717, 1.165) is 47.5 Å². The summed E-state index contributed by atoms with van der Waals surface area (Å²) in [6.07, 6.45) is 11.0. The predicted octanol–water partition coefficient (Wildman–Crippen LogP) is 5.81. The Morgan fingerprint density at radius 1 is 1.21 bits per heavy atom. The number of hydrogen-bond donors (Lipinski definition) is 1. The van der Waals surface area contributed by atoms with Gasteiger partial charge in [-0.15, -0.1) is 0 Å². The molecule has 1 aromatic carbocycles. The van der Waals surface area contributed by atoms with Crippen LogP contribution in [0.1, 0.15) is 76.2 Å². The first kappa shape index (κ1) is 20.1. The molecule has 0 bridgehead atoms. The van der Waals surface area contributed by atoms with Crippen LogP contribution in [-0.4, -0.2) is 18.6 Å². The molecule has 4 nitrogen and oxygen atoms in total. The van der Waals surface area contributed by atoms with Gasteiger partial charge in [-0.3, -0.25) is 4.79 Å². The van der Waals surface area contributed by atoms with Crippen molar-refractivity contribution in [3.05, 3.63) is 35.1 Å². The number of aryl methyl sites for hydroxylation is 2. The average Bonchev–Trinajstić information content (AvgIpc) is 3.06. The van der Waals surface area contributed by atoms with E-state index in [4.69, 9.17) is 9.15 Å². The van der Waals surface area contributed by atoms with Crippen molar-refractivity contribution in [2.24, 2.45) is 5.92 Å². The Morgan fingerprint density at radius 3 is 2.79 bits per heavy atom. The van der Waals surface area contributed by atoms with Crippen molar-refractivity contribution in [1.29, 1.82) is 0 Å². The van der Waals surface area contributed by atoms with Gasteiger partial charge in [-0.1, -0.05) is 19.8 Å². The third-order valence-corrected chi connectivity index (χ3v) is 6.57. The van der Waals surface area contributed by atoms with Crippen LogP contribution in [0.5, 0.6) is 5.75 Å². The van der Waals surface area contributed by atoms with Gasteiger partial charge in [0.25, 0.3) is 0 Å². The number of rotatable bonds is 5. The van der Waals surface area contributed by atoms with E-state index < -0.39 is 0 Å². The van der Waals surface area contributed by atoms with Crippen LogP contribution in [0.15, 0.2) is 22.6 Å². The molecule has 0 aliphatic heterocycles. The first-order chi connectivity index (χ1) is 14.1. The molecular formula is C25H33NO3. The first-order valence-electron chi connectivity index (χ1n) is 11.3. The lowest BCUT2D eigenvalue weighted by Gasteiger charge is -2.29. The van der Waals surface area contributed by atoms with E-state index in [9.17, 15) is 4.79 Å². The van der Waals surface area contributed by atoms with Crippen LogP contribution >= 0.6 is 0 Å². The first-order valence-corrected chi connectivity index (χ1v) is 11.3. The molecule has 2 aliphatic rings. The van der Waals surface area contributed by atoms with Gasteiger partial charge in [0.1, 0.15) is 17.1 Å². The summed E-state index contributed by atoms with van der Waals surface area (Å²) >= 11 is 0. The van der Waals surface area contributed by atoms with E-state index in [1.54, 1.807) is 6.08 Å². The largest absolute Gasteiger partial charge is 0.493 e. The van der Waals surface area contributed by atoms with E-state index in [-0.39, 0.29) is 11.9 Å². The van der Waals surface area contributed by atoms with Crippen LogP contribution < -0.4 is 10.1 Å². The lowest BCUT2D eigenvalue weighted by Crippen LogP contribution is -2.40. The molecule has 1 heterocycles. The molecule has 1 fully saturated rings. The summed E-state index contributed by atoms with van der Waals surface area (Å²) in [6.45, 7) is 6.80. The highest BCUT2D eigenvalue weighted by Crippen LogP contribution is 2.38. The molecule has 156 valence electrons. The molecule has 1 saturated carbocycles. The zero-order valence-corrected chi connectivity index (χ0v) is 18.0. The second-order valence-corrected chi connectivity index (χ2v) is 8.69. The minimum Gasteiger partial charge on any atom is -0.493 e. The Balaban J connectivity index is 1.64. The second-order valence-electron chi connectivity index (χ2n) is 8.69. The molecule has 0 spiro atoms. The fraction of sp³-hybridized carbons (Fsp3) is 0.560. The molecule has 0 radical (unpaired) electrons. The number of allylic oxidation sites excluding steroid dienone is 1. The van der Waals surface area contributed by atoms with Crippen molar-refractivity contribution in [3.8, 4) is 5.75 Å². The fourth-order valence-corrected chi connectivity index (χ4v) is 4.90. The number of fused-ring (bicyclic) bond motifs is 3. The van der Waals surface area contributed by atoms with Gasteiger partial charge in [0, 0.05) is 41.1 Å². The summed E-state index contributed by atoms with van der Waals surface area (Å²) in [4.78, 5) is 12.7. The lowest BCUT2D eigenvalue weighted by molar-refractivity contribution is -0.117. The zero-order valence-electron chi connectivity index (χ0n) is 18.0. The monoisotopic (exact) mass is 395 g/mol. The number of carbonyl (C=O) groups is 1. The molecular weight excluding hydrogens is 362 g/mol. The standard InChI is InChI=1S/C25H33NO3/c1-4-28-23-15-24-20(18-10-6-8-12-22(18)29-24)14-19(23)17(3)13-25(27)26-21-11-7-5-9-16(21)2/h13-16,21H,4-12H2,1-3H3,(H,26,27)/b17-13+. The van der Waals surface area contributed by atoms with Crippen LogP contribution in [0.4, 0.5) is 0 Å². The van der Waals surface area contributed by atoms with Gasteiger partial charge in [0.05, 0.1) is 6.61 Å². The summed E-state index contributed by atoms with van der Waals surface area (Å²) in [7, 11) is 0. The van der Waals surface area contributed by atoms with Crippen molar-refractivity contribution < 1.29 is 13.9 Å². The maximum absolute atomic E-state index is 12.7. The quantitative estimate of drug-likeness (QED) is 0.650. The van der Waals surface area contributed by atoms with E-state index in [2.05, 4.69) is 18.3 Å². The highest BCUT2D eigenvalue weighted by Gasteiger charge is 2.23. The number of hydrogen-bond acceptors (Lipinski definition) is 3. The van der Waals surface area contributed by atoms with Gasteiger partial charge in [-0.05, 0) is 63.5 Å². The lowest BCUT2D eigenvalue weighted by atomic mass is 9.86. The van der Waals surface area contributed by atoms with E-state index in [1.807, 2.05) is 19.9 Å². The molecule has 2 aromatic rings. The van der Waals surface area contributed by atoms with Crippen molar-refractivity contribution in [2.75, 3.05) is 6.61 Å². The van der Waals surface area contributed by atoms with Gasteiger partial charge in [-0.25, -0.2) is 0 Å². The SMILES string of the molecule is CCOc1cc2oc3c(c2cc1/C(C)=C/C(=O)NC1CCCCC1C)CCCC3. The van der Waals surface area contributed by atoms with E-state index >= 15 is 0 Å². The highest BCUT2D eigenvalue weighted by atomic mass is 16.5. The molecule has 0 saturated heterocycles. The van der Waals surface area contributed by atoms with Crippen molar-refractivity contribution >= 4 is 22.4 Å². The molecule has 2 aliphatic carbocycles. The summed E-state index contributed by atoms with van der Waals surface area (Å²) in [6, 6.07) is 4.45.